The molecule has 0 saturated carbocycles. The van der Waals surface area contributed by atoms with E-state index in [0.29, 0.717) is 30.2 Å². The lowest BCUT2D eigenvalue weighted by Crippen LogP contribution is -2.15. The predicted octanol–water partition coefficient (Wildman–Crippen LogP) is 3.37. The molecular weight excluding hydrogens is 314 g/mol. The monoisotopic (exact) mass is 333 g/mol. The second-order valence-corrected chi connectivity index (χ2v) is 5.49. The van der Waals surface area contributed by atoms with Gasteiger partial charge >= 0.3 is 0 Å². The molecule has 1 aromatic heterocycles. The standard InChI is InChI=1S/C20H19N3O2/c21-20(24)17-10-6-11-18(25-14-15-7-2-1-3-8-15)19(17)23-13-16-9-4-5-12-22-16/h1-12,23H,13-14H2,(H2,21,24). The molecule has 3 rings (SSSR count). The molecule has 0 spiro atoms. The number of nitrogens with two attached hydrogens (primary N) is 1. The molecular formula is C20H19N3O2. The van der Waals surface area contributed by atoms with E-state index in [9.17, 15) is 4.79 Å². The molecule has 0 aliphatic heterocycles. The van der Waals surface area contributed by atoms with E-state index >= 15 is 0 Å². The number of ether oxygens (including phenoxy) is 1. The van der Waals surface area contributed by atoms with Gasteiger partial charge in [0, 0.05) is 6.20 Å². The molecule has 5 nitrogen and oxygen atoms in total. The molecule has 0 fully saturated rings. The first-order valence-electron chi connectivity index (χ1n) is 7.97. The zero-order chi connectivity index (χ0) is 17.5. The molecule has 0 unspecified atom stereocenters. The molecule has 0 atom stereocenters. The van der Waals surface area contributed by atoms with E-state index < -0.39 is 5.91 Å². The van der Waals surface area contributed by atoms with Crippen LogP contribution in [0, 0.1) is 0 Å². The summed E-state index contributed by atoms with van der Waals surface area (Å²) >= 11 is 0. The Hall–Kier alpha value is -3.34. The van der Waals surface area contributed by atoms with Gasteiger partial charge < -0.3 is 15.8 Å². The summed E-state index contributed by atoms with van der Waals surface area (Å²) in [5.41, 5.74) is 8.38. The molecule has 1 heterocycles. The maximum atomic E-state index is 11.8. The van der Waals surface area contributed by atoms with Crippen LogP contribution >= 0.6 is 0 Å². The fourth-order valence-electron chi connectivity index (χ4n) is 2.46. The van der Waals surface area contributed by atoms with E-state index in [4.69, 9.17) is 10.5 Å². The highest BCUT2D eigenvalue weighted by atomic mass is 16.5. The van der Waals surface area contributed by atoms with Gasteiger partial charge in [-0.3, -0.25) is 9.78 Å². The van der Waals surface area contributed by atoms with Crippen molar-refractivity contribution in [2.75, 3.05) is 5.32 Å². The van der Waals surface area contributed by atoms with E-state index in [-0.39, 0.29) is 0 Å². The van der Waals surface area contributed by atoms with Crippen LogP contribution in [0.25, 0.3) is 0 Å². The average molecular weight is 333 g/mol. The summed E-state index contributed by atoms with van der Waals surface area (Å²) in [6.45, 7) is 0.869. The number of para-hydroxylation sites is 1. The van der Waals surface area contributed by atoms with Gasteiger partial charge in [-0.05, 0) is 29.8 Å². The van der Waals surface area contributed by atoms with Gasteiger partial charge in [-0.15, -0.1) is 0 Å². The van der Waals surface area contributed by atoms with Crippen molar-refractivity contribution < 1.29 is 9.53 Å². The molecule has 0 saturated heterocycles. The van der Waals surface area contributed by atoms with Crippen LogP contribution in [0.4, 0.5) is 5.69 Å². The van der Waals surface area contributed by atoms with Gasteiger partial charge in [0.25, 0.3) is 5.91 Å². The van der Waals surface area contributed by atoms with E-state index in [1.165, 1.54) is 0 Å². The van der Waals surface area contributed by atoms with Gasteiger partial charge in [0.1, 0.15) is 12.4 Å². The van der Waals surface area contributed by atoms with Crippen molar-refractivity contribution in [3.63, 3.8) is 0 Å². The summed E-state index contributed by atoms with van der Waals surface area (Å²) < 4.78 is 5.91. The maximum absolute atomic E-state index is 11.8. The molecule has 25 heavy (non-hydrogen) atoms. The Kier molecular flexibility index (Phi) is 5.26. The zero-order valence-electron chi connectivity index (χ0n) is 13.7. The number of pyridine rings is 1. The fraction of sp³-hybridized carbons (Fsp3) is 0.100. The van der Waals surface area contributed by atoms with Crippen molar-refractivity contribution in [3.05, 3.63) is 89.7 Å². The number of nitrogens with zero attached hydrogens (tertiary/aromatic N) is 1. The summed E-state index contributed by atoms with van der Waals surface area (Å²) in [4.78, 5) is 16.0. The Labute approximate surface area is 146 Å². The number of rotatable bonds is 7. The van der Waals surface area contributed by atoms with Crippen molar-refractivity contribution in [2.24, 2.45) is 5.73 Å². The van der Waals surface area contributed by atoms with Gasteiger partial charge in [-0.1, -0.05) is 42.5 Å². The van der Waals surface area contributed by atoms with E-state index in [2.05, 4.69) is 10.3 Å². The lowest BCUT2D eigenvalue weighted by atomic mass is 10.1. The lowest BCUT2D eigenvalue weighted by Gasteiger charge is -2.16. The molecule has 2 aromatic carbocycles. The number of primary amides is 1. The molecule has 5 heteroatoms. The zero-order valence-corrected chi connectivity index (χ0v) is 13.7. The largest absolute Gasteiger partial charge is 0.487 e. The number of anilines is 1. The van der Waals surface area contributed by atoms with E-state index in [1.54, 1.807) is 18.3 Å². The minimum Gasteiger partial charge on any atom is -0.487 e. The van der Waals surface area contributed by atoms with Crippen LogP contribution in [0.3, 0.4) is 0 Å². The van der Waals surface area contributed by atoms with Crippen LogP contribution in [-0.2, 0) is 13.2 Å². The Morgan fingerprint density at radius 1 is 1.00 bits per heavy atom. The quantitative estimate of drug-likeness (QED) is 0.695. The number of nitrogens with one attached hydrogen (secondary N) is 1. The van der Waals surface area contributed by atoms with Crippen LogP contribution in [0.2, 0.25) is 0 Å². The van der Waals surface area contributed by atoms with Gasteiger partial charge in [-0.25, -0.2) is 0 Å². The smallest absolute Gasteiger partial charge is 0.250 e. The van der Waals surface area contributed by atoms with Crippen molar-refractivity contribution in [1.29, 1.82) is 0 Å². The fourth-order valence-corrected chi connectivity index (χ4v) is 2.46. The van der Waals surface area contributed by atoms with Gasteiger partial charge in [0.2, 0.25) is 0 Å². The molecule has 0 radical (unpaired) electrons. The third-order valence-corrected chi connectivity index (χ3v) is 3.70. The third-order valence-electron chi connectivity index (χ3n) is 3.70. The number of carbonyl (C=O) groups excluding carboxylic acids is 1. The summed E-state index contributed by atoms with van der Waals surface area (Å²) in [6, 6.07) is 20.8. The number of carbonyl (C=O) groups is 1. The first-order valence-corrected chi connectivity index (χ1v) is 7.97. The SMILES string of the molecule is NC(=O)c1cccc(OCc2ccccc2)c1NCc1ccccn1. The number of benzene rings is 2. The predicted molar refractivity (Wildman–Crippen MR) is 97.3 cm³/mol. The molecule has 3 N–H and O–H groups in total. The number of hydrogen-bond acceptors (Lipinski definition) is 4. The van der Waals surface area contributed by atoms with Crippen LogP contribution in [0.1, 0.15) is 21.6 Å². The summed E-state index contributed by atoms with van der Waals surface area (Å²) in [5.74, 6) is 0.0739. The summed E-state index contributed by atoms with van der Waals surface area (Å²) in [6.07, 6.45) is 1.73. The highest BCUT2D eigenvalue weighted by Crippen LogP contribution is 2.29. The third kappa shape index (κ3) is 4.35. The van der Waals surface area contributed by atoms with E-state index in [1.807, 2.05) is 54.6 Å². The molecule has 3 aromatic rings. The number of hydrogen-bond donors (Lipinski definition) is 2. The Balaban J connectivity index is 1.81. The van der Waals surface area contributed by atoms with Gasteiger partial charge in [0.05, 0.1) is 23.5 Å². The average Bonchev–Trinajstić information content (AvgIpc) is 2.66. The number of aromatic nitrogens is 1. The van der Waals surface area contributed by atoms with Gasteiger partial charge in [0.15, 0.2) is 0 Å². The first-order chi connectivity index (χ1) is 12.2. The molecule has 0 aliphatic carbocycles. The highest BCUT2D eigenvalue weighted by molar-refractivity contribution is 5.99. The Bertz CT molecular complexity index is 836. The second kappa shape index (κ2) is 7.97. The van der Waals surface area contributed by atoms with Crippen LogP contribution in [-0.4, -0.2) is 10.9 Å². The van der Waals surface area contributed by atoms with Crippen molar-refractivity contribution in [2.45, 2.75) is 13.2 Å². The first kappa shape index (κ1) is 16.5. The molecule has 126 valence electrons. The van der Waals surface area contributed by atoms with Crippen molar-refractivity contribution >= 4 is 11.6 Å². The Morgan fingerprint density at radius 3 is 2.52 bits per heavy atom. The van der Waals surface area contributed by atoms with Crippen LogP contribution < -0.4 is 15.8 Å². The van der Waals surface area contributed by atoms with E-state index in [0.717, 1.165) is 11.3 Å². The molecule has 1 amide bonds. The summed E-state index contributed by atoms with van der Waals surface area (Å²) in [5, 5.41) is 3.23. The molecule has 0 bridgehead atoms. The van der Waals surface area contributed by atoms with Crippen molar-refractivity contribution in [1.82, 2.24) is 4.98 Å². The highest BCUT2D eigenvalue weighted by Gasteiger charge is 2.14. The topological polar surface area (TPSA) is 77.2 Å². The number of amides is 1. The molecule has 0 aliphatic rings. The second-order valence-electron chi connectivity index (χ2n) is 5.49. The van der Waals surface area contributed by atoms with Crippen LogP contribution in [0.5, 0.6) is 5.75 Å². The Morgan fingerprint density at radius 2 is 1.80 bits per heavy atom. The minimum absolute atomic E-state index is 0.390. The minimum atomic E-state index is -0.506. The van der Waals surface area contributed by atoms with Crippen molar-refractivity contribution in [3.8, 4) is 5.75 Å². The summed E-state index contributed by atoms with van der Waals surface area (Å²) in [7, 11) is 0. The lowest BCUT2D eigenvalue weighted by molar-refractivity contribution is 0.100. The maximum Gasteiger partial charge on any atom is 0.250 e. The van der Waals surface area contributed by atoms with Crippen LogP contribution in [0.15, 0.2) is 72.9 Å². The normalized spacial score (nSPS) is 10.2. The van der Waals surface area contributed by atoms with Gasteiger partial charge in [-0.2, -0.15) is 0 Å².